The molecule has 0 unspecified atom stereocenters. The summed E-state index contributed by atoms with van der Waals surface area (Å²) >= 11 is 0. The first-order chi connectivity index (χ1) is 8.69. The van der Waals surface area contributed by atoms with Gasteiger partial charge >= 0.3 is 0 Å². The largest absolute Gasteiger partial charge is 0.491 e. The molecule has 0 aliphatic rings. The SMILES string of the molecule is CC(C)Oc1cccc(-c2cnc(CCN)o2)c1. The lowest BCUT2D eigenvalue weighted by molar-refractivity contribution is 0.242. The molecule has 0 saturated carbocycles. The zero-order valence-electron chi connectivity index (χ0n) is 10.7. The van der Waals surface area contributed by atoms with E-state index in [4.69, 9.17) is 14.9 Å². The van der Waals surface area contributed by atoms with Gasteiger partial charge in [-0.3, -0.25) is 0 Å². The number of aromatic nitrogens is 1. The van der Waals surface area contributed by atoms with Crippen molar-refractivity contribution in [1.29, 1.82) is 0 Å². The minimum absolute atomic E-state index is 0.155. The van der Waals surface area contributed by atoms with Gasteiger partial charge in [0.2, 0.25) is 0 Å². The monoisotopic (exact) mass is 246 g/mol. The van der Waals surface area contributed by atoms with Crippen molar-refractivity contribution < 1.29 is 9.15 Å². The maximum Gasteiger partial charge on any atom is 0.196 e. The zero-order chi connectivity index (χ0) is 13.0. The number of hydrogen-bond acceptors (Lipinski definition) is 4. The topological polar surface area (TPSA) is 61.3 Å². The van der Waals surface area contributed by atoms with Crippen LogP contribution in [-0.4, -0.2) is 17.6 Å². The molecule has 0 atom stereocenters. The van der Waals surface area contributed by atoms with E-state index in [1.807, 2.05) is 38.1 Å². The Bertz CT molecular complexity index is 506. The van der Waals surface area contributed by atoms with Gasteiger partial charge in [0.15, 0.2) is 11.7 Å². The molecule has 96 valence electrons. The highest BCUT2D eigenvalue weighted by atomic mass is 16.5. The molecule has 0 spiro atoms. The lowest BCUT2D eigenvalue weighted by Crippen LogP contribution is -2.05. The van der Waals surface area contributed by atoms with Crippen molar-refractivity contribution in [3.63, 3.8) is 0 Å². The summed E-state index contributed by atoms with van der Waals surface area (Å²) in [5.74, 6) is 2.25. The molecule has 2 rings (SSSR count). The molecule has 0 saturated heterocycles. The van der Waals surface area contributed by atoms with Gasteiger partial charge < -0.3 is 14.9 Å². The normalized spacial score (nSPS) is 10.9. The third kappa shape index (κ3) is 3.11. The second-order valence-electron chi connectivity index (χ2n) is 4.35. The molecule has 2 N–H and O–H groups in total. The highest BCUT2D eigenvalue weighted by Crippen LogP contribution is 2.25. The Hall–Kier alpha value is -1.81. The summed E-state index contributed by atoms with van der Waals surface area (Å²) < 4.78 is 11.3. The van der Waals surface area contributed by atoms with E-state index in [2.05, 4.69) is 4.98 Å². The van der Waals surface area contributed by atoms with Gasteiger partial charge in [0, 0.05) is 18.5 Å². The van der Waals surface area contributed by atoms with Crippen LogP contribution < -0.4 is 10.5 Å². The molecule has 1 aromatic heterocycles. The average Bonchev–Trinajstić information content (AvgIpc) is 2.78. The Morgan fingerprint density at radius 3 is 2.94 bits per heavy atom. The van der Waals surface area contributed by atoms with E-state index in [0.29, 0.717) is 18.9 Å². The summed E-state index contributed by atoms with van der Waals surface area (Å²) in [5, 5.41) is 0. The number of ether oxygens (including phenoxy) is 1. The second-order valence-corrected chi connectivity index (χ2v) is 4.35. The Balaban J connectivity index is 2.21. The summed E-state index contributed by atoms with van der Waals surface area (Å²) in [6, 6.07) is 7.80. The lowest BCUT2D eigenvalue weighted by Gasteiger charge is -2.09. The number of nitrogens with zero attached hydrogens (tertiary/aromatic N) is 1. The molecular formula is C14H18N2O2. The number of benzene rings is 1. The van der Waals surface area contributed by atoms with Crippen LogP contribution >= 0.6 is 0 Å². The highest BCUT2D eigenvalue weighted by Gasteiger charge is 2.07. The van der Waals surface area contributed by atoms with Gasteiger partial charge in [-0.15, -0.1) is 0 Å². The highest BCUT2D eigenvalue weighted by molar-refractivity contribution is 5.58. The molecule has 0 bridgehead atoms. The van der Waals surface area contributed by atoms with Gasteiger partial charge in [-0.1, -0.05) is 12.1 Å². The number of rotatable bonds is 5. The van der Waals surface area contributed by atoms with Crippen LogP contribution in [0.1, 0.15) is 19.7 Å². The summed E-state index contributed by atoms with van der Waals surface area (Å²) in [7, 11) is 0. The van der Waals surface area contributed by atoms with Crippen molar-refractivity contribution in [1.82, 2.24) is 4.98 Å². The van der Waals surface area contributed by atoms with Gasteiger partial charge in [0.05, 0.1) is 12.3 Å². The third-order valence-corrected chi connectivity index (χ3v) is 2.40. The van der Waals surface area contributed by atoms with E-state index in [9.17, 15) is 0 Å². The van der Waals surface area contributed by atoms with Gasteiger partial charge in [0.25, 0.3) is 0 Å². The Labute approximate surface area is 107 Å². The van der Waals surface area contributed by atoms with E-state index < -0.39 is 0 Å². The second kappa shape index (κ2) is 5.69. The van der Waals surface area contributed by atoms with Crippen molar-refractivity contribution in [2.24, 2.45) is 5.73 Å². The first kappa shape index (κ1) is 12.6. The third-order valence-electron chi connectivity index (χ3n) is 2.40. The fourth-order valence-electron chi connectivity index (χ4n) is 1.68. The van der Waals surface area contributed by atoms with Gasteiger partial charge in [0.1, 0.15) is 5.75 Å². The molecule has 18 heavy (non-hydrogen) atoms. The zero-order valence-corrected chi connectivity index (χ0v) is 10.7. The van der Waals surface area contributed by atoms with Crippen LogP contribution in [0.5, 0.6) is 5.75 Å². The van der Waals surface area contributed by atoms with Crippen LogP contribution in [0, 0.1) is 0 Å². The fraction of sp³-hybridized carbons (Fsp3) is 0.357. The molecule has 0 aliphatic heterocycles. The molecule has 0 radical (unpaired) electrons. The van der Waals surface area contributed by atoms with Crippen molar-refractivity contribution in [2.75, 3.05) is 6.54 Å². The molecule has 1 heterocycles. The van der Waals surface area contributed by atoms with E-state index >= 15 is 0 Å². The van der Waals surface area contributed by atoms with Gasteiger partial charge in [-0.05, 0) is 26.0 Å². The van der Waals surface area contributed by atoms with E-state index in [-0.39, 0.29) is 6.10 Å². The minimum atomic E-state index is 0.155. The average molecular weight is 246 g/mol. The quantitative estimate of drug-likeness (QED) is 0.881. The predicted octanol–water partition coefficient (Wildman–Crippen LogP) is 2.63. The maximum absolute atomic E-state index is 5.65. The summed E-state index contributed by atoms with van der Waals surface area (Å²) in [6.45, 7) is 4.54. The van der Waals surface area contributed by atoms with Crippen molar-refractivity contribution in [3.05, 3.63) is 36.4 Å². The number of oxazole rings is 1. The van der Waals surface area contributed by atoms with Crippen molar-refractivity contribution in [2.45, 2.75) is 26.4 Å². The van der Waals surface area contributed by atoms with E-state index in [1.54, 1.807) is 6.20 Å². The maximum atomic E-state index is 5.65. The van der Waals surface area contributed by atoms with Crippen LogP contribution in [0.4, 0.5) is 0 Å². The molecular weight excluding hydrogens is 228 g/mol. The molecule has 0 fully saturated rings. The van der Waals surface area contributed by atoms with Crippen molar-refractivity contribution >= 4 is 0 Å². The molecule has 1 aromatic carbocycles. The van der Waals surface area contributed by atoms with Crippen LogP contribution in [0.3, 0.4) is 0 Å². The summed E-state index contributed by atoms with van der Waals surface area (Å²) in [5.41, 5.74) is 6.43. The first-order valence-corrected chi connectivity index (χ1v) is 6.11. The Morgan fingerprint density at radius 2 is 2.22 bits per heavy atom. The molecule has 4 nitrogen and oxygen atoms in total. The number of nitrogens with two attached hydrogens (primary N) is 1. The van der Waals surface area contributed by atoms with Gasteiger partial charge in [-0.25, -0.2) is 4.98 Å². The number of hydrogen-bond donors (Lipinski definition) is 1. The Morgan fingerprint density at radius 1 is 1.39 bits per heavy atom. The first-order valence-electron chi connectivity index (χ1n) is 6.11. The minimum Gasteiger partial charge on any atom is -0.491 e. The van der Waals surface area contributed by atoms with Crippen LogP contribution in [0.2, 0.25) is 0 Å². The standard InChI is InChI=1S/C14H18N2O2/c1-10(2)17-12-5-3-4-11(8-12)13-9-16-14(18-13)6-7-15/h3-5,8-10H,6-7,15H2,1-2H3. The van der Waals surface area contributed by atoms with E-state index in [1.165, 1.54) is 0 Å². The van der Waals surface area contributed by atoms with Gasteiger partial charge in [-0.2, -0.15) is 0 Å². The fourth-order valence-corrected chi connectivity index (χ4v) is 1.68. The molecule has 0 aliphatic carbocycles. The van der Waals surface area contributed by atoms with E-state index in [0.717, 1.165) is 17.1 Å². The van der Waals surface area contributed by atoms with Crippen LogP contribution in [-0.2, 0) is 6.42 Å². The van der Waals surface area contributed by atoms with Crippen LogP contribution in [0.25, 0.3) is 11.3 Å². The lowest BCUT2D eigenvalue weighted by atomic mass is 10.2. The molecule has 2 aromatic rings. The Kier molecular flexibility index (Phi) is 3.99. The van der Waals surface area contributed by atoms with Crippen molar-refractivity contribution in [3.8, 4) is 17.1 Å². The molecule has 4 heteroatoms. The summed E-state index contributed by atoms with van der Waals surface area (Å²) in [4.78, 5) is 4.19. The smallest absolute Gasteiger partial charge is 0.196 e. The molecule has 0 amide bonds. The van der Waals surface area contributed by atoms with Crippen LogP contribution in [0.15, 0.2) is 34.9 Å². The summed E-state index contributed by atoms with van der Waals surface area (Å²) in [6.07, 6.45) is 2.53. The predicted molar refractivity (Wildman–Crippen MR) is 70.5 cm³/mol.